The number of nitrogens with one attached hydrogen (secondary N) is 2. The van der Waals surface area contributed by atoms with Crippen LogP contribution in [0.3, 0.4) is 0 Å². The minimum Gasteiger partial charge on any atom is -0.305 e. The molecule has 3 heterocycles. The van der Waals surface area contributed by atoms with E-state index in [-0.39, 0.29) is 11.4 Å². The molecule has 0 unspecified atom stereocenters. The van der Waals surface area contributed by atoms with Gasteiger partial charge in [0.25, 0.3) is 5.91 Å². The molecule has 24 heavy (non-hydrogen) atoms. The molecule has 1 amide bonds. The highest BCUT2D eigenvalue weighted by molar-refractivity contribution is 6.03. The van der Waals surface area contributed by atoms with Crippen LogP contribution < -0.4 is 5.32 Å². The molecule has 3 aromatic heterocycles. The van der Waals surface area contributed by atoms with Gasteiger partial charge in [0, 0.05) is 30.2 Å². The third kappa shape index (κ3) is 3.40. The van der Waals surface area contributed by atoms with Crippen LogP contribution in [0.25, 0.3) is 11.3 Å². The number of hydrogen-bond acceptors (Lipinski definition) is 4. The molecule has 3 rings (SSSR count). The number of alkyl halides is 3. The topological polar surface area (TPSA) is 83.6 Å². The second-order valence-electron chi connectivity index (χ2n) is 4.79. The van der Waals surface area contributed by atoms with Gasteiger partial charge in [0.2, 0.25) is 0 Å². The number of amides is 1. The summed E-state index contributed by atoms with van der Waals surface area (Å²) in [6, 6.07) is 6.96. The number of H-pyrrole nitrogens is 1. The maximum absolute atomic E-state index is 12.4. The van der Waals surface area contributed by atoms with Crippen molar-refractivity contribution in [2.24, 2.45) is 0 Å². The number of hydrogen-bond donors (Lipinski definition) is 2. The van der Waals surface area contributed by atoms with Gasteiger partial charge in [-0.2, -0.15) is 18.3 Å². The molecule has 122 valence electrons. The minimum absolute atomic E-state index is 0.00562. The number of halogens is 3. The van der Waals surface area contributed by atoms with Crippen LogP contribution in [0, 0.1) is 0 Å². The lowest BCUT2D eigenvalue weighted by Crippen LogP contribution is -2.14. The number of rotatable bonds is 3. The van der Waals surface area contributed by atoms with Gasteiger partial charge >= 0.3 is 6.18 Å². The van der Waals surface area contributed by atoms with Gasteiger partial charge in [-0.05, 0) is 24.3 Å². The summed E-state index contributed by atoms with van der Waals surface area (Å²) in [5.41, 5.74) is 0.359. The molecule has 0 aliphatic rings. The van der Waals surface area contributed by atoms with Crippen molar-refractivity contribution in [3.05, 3.63) is 60.2 Å². The zero-order valence-corrected chi connectivity index (χ0v) is 12.0. The summed E-state index contributed by atoms with van der Waals surface area (Å²) in [7, 11) is 0. The van der Waals surface area contributed by atoms with E-state index in [1.165, 1.54) is 0 Å². The number of aromatic nitrogens is 4. The first kappa shape index (κ1) is 15.7. The Kier molecular flexibility index (Phi) is 3.98. The number of aromatic amines is 1. The van der Waals surface area contributed by atoms with Gasteiger partial charge in [-0.1, -0.05) is 0 Å². The average molecular weight is 333 g/mol. The number of nitrogens with zero attached hydrogens (tertiary/aromatic N) is 3. The molecule has 3 aromatic rings. The van der Waals surface area contributed by atoms with Crippen LogP contribution >= 0.6 is 0 Å². The van der Waals surface area contributed by atoms with Crippen LogP contribution in [-0.2, 0) is 6.18 Å². The lowest BCUT2D eigenvalue weighted by atomic mass is 10.2. The van der Waals surface area contributed by atoms with Crippen molar-refractivity contribution in [3.63, 3.8) is 0 Å². The van der Waals surface area contributed by atoms with E-state index in [1.54, 1.807) is 24.5 Å². The van der Waals surface area contributed by atoms with E-state index in [9.17, 15) is 18.0 Å². The quantitative estimate of drug-likeness (QED) is 0.771. The molecule has 0 radical (unpaired) electrons. The van der Waals surface area contributed by atoms with Crippen LogP contribution in [0.15, 0.2) is 48.9 Å². The van der Waals surface area contributed by atoms with Gasteiger partial charge in [-0.15, -0.1) is 0 Å². The lowest BCUT2D eigenvalue weighted by molar-refractivity contribution is -0.141. The van der Waals surface area contributed by atoms with E-state index in [2.05, 4.69) is 25.5 Å². The average Bonchev–Trinajstić information content (AvgIpc) is 3.03. The van der Waals surface area contributed by atoms with Gasteiger partial charge in [0.05, 0.1) is 11.3 Å². The smallest absolute Gasteiger partial charge is 0.305 e. The fourth-order valence-corrected chi connectivity index (χ4v) is 1.94. The fourth-order valence-electron chi connectivity index (χ4n) is 1.94. The van der Waals surface area contributed by atoms with Crippen LogP contribution in [0.4, 0.5) is 19.0 Å². The summed E-state index contributed by atoms with van der Waals surface area (Å²) in [6.07, 6.45) is -0.429. The van der Waals surface area contributed by atoms with Crippen LogP contribution in [0.5, 0.6) is 0 Å². The van der Waals surface area contributed by atoms with Crippen molar-refractivity contribution < 1.29 is 18.0 Å². The maximum atomic E-state index is 12.4. The molecule has 0 atom stereocenters. The number of anilines is 1. The Labute approximate surface area is 133 Å². The van der Waals surface area contributed by atoms with Crippen molar-refractivity contribution in [1.29, 1.82) is 0 Å². The number of carbonyl (C=O) groups excluding carboxylic acids is 1. The highest BCUT2D eigenvalue weighted by atomic mass is 19.4. The summed E-state index contributed by atoms with van der Waals surface area (Å²) < 4.78 is 37.3. The molecular formula is C15H10F3N5O. The normalized spacial score (nSPS) is 11.3. The third-order valence-electron chi connectivity index (χ3n) is 3.11. The highest BCUT2D eigenvalue weighted by Crippen LogP contribution is 2.27. The fraction of sp³-hybridized carbons (Fsp3) is 0.0667. The van der Waals surface area contributed by atoms with Crippen molar-refractivity contribution in [1.82, 2.24) is 20.2 Å². The van der Waals surface area contributed by atoms with E-state index < -0.39 is 17.8 Å². The predicted molar refractivity (Wildman–Crippen MR) is 79.0 cm³/mol. The van der Waals surface area contributed by atoms with Gasteiger partial charge in [0.1, 0.15) is 5.69 Å². The molecule has 0 saturated carbocycles. The van der Waals surface area contributed by atoms with Gasteiger partial charge < -0.3 is 5.32 Å². The standard InChI is InChI=1S/C15H10F3N5O/c16-15(17,18)12-4-3-10(8-20-12)14(24)21-13-6-11(22-23-13)9-2-1-5-19-7-9/h1-8H,(H2,21,22,23,24). The summed E-state index contributed by atoms with van der Waals surface area (Å²) in [4.78, 5) is 19.2. The molecule has 0 aliphatic carbocycles. The Morgan fingerprint density at radius 2 is 2.00 bits per heavy atom. The Balaban J connectivity index is 1.72. The summed E-state index contributed by atoms with van der Waals surface area (Å²) in [5, 5.41) is 9.15. The Hall–Kier alpha value is -3.23. The SMILES string of the molecule is O=C(Nc1cc(-c2cccnc2)[nH]n1)c1ccc(C(F)(F)F)nc1. The van der Waals surface area contributed by atoms with E-state index in [0.29, 0.717) is 5.69 Å². The van der Waals surface area contributed by atoms with Gasteiger partial charge in [-0.3, -0.25) is 19.9 Å². The van der Waals surface area contributed by atoms with Gasteiger partial charge in [-0.25, -0.2) is 0 Å². The van der Waals surface area contributed by atoms with Crippen molar-refractivity contribution in [3.8, 4) is 11.3 Å². The van der Waals surface area contributed by atoms with Crippen molar-refractivity contribution >= 4 is 11.7 Å². The zero-order chi connectivity index (χ0) is 17.2. The first-order valence-electron chi connectivity index (χ1n) is 6.74. The van der Waals surface area contributed by atoms with Crippen molar-refractivity contribution in [2.45, 2.75) is 6.18 Å². The molecule has 9 heteroatoms. The monoisotopic (exact) mass is 333 g/mol. The second-order valence-corrected chi connectivity index (χ2v) is 4.79. The molecule has 0 spiro atoms. The predicted octanol–water partition coefficient (Wildman–Crippen LogP) is 3.14. The molecule has 0 bridgehead atoms. The Morgan fingerprint density at radius 1 is 1.17 bits per heavy atom. The number of carbonyl (C=O) groups is 1. The summed E-state index contributed by atoms with van der Waals surface area (Å²) in [5.74, 6) is -0.376. The number of pyridine rings is 2. The zero-order valence-electron chi connectivity index (χ0n) is 12.0. The molecule has 0 aromatic carbocycles. The van der Waals surface area contributed by atoms with E-state index in [1.807, 2.05) is 6.07 Å². The molecule has 6 nitrogen and oxygen atoms in total. The molecular weight excluding hydrogens is 323 g/mol. The lowest BCUT2D eigenvalue weighted by Gasteiger charge is -2.06. The van der Waals surface area contributed by atoms with Crippen LogP contribution in [0.1, 0.15) is 16.1 Å². The van der Waals surface area contributed by atoms with Gasteiger partial charge in [0.15, 0.2) is 5.82 Å². The first-order valence-corrected chi connectivity index (χ1v) is 6.74. The van der Waals surface area contributed by atoms with E-state index >= 15 is 0 Å². The van der Waals surface area contributed by atoms with E-state index in [0.717, 1.165) is 23.9 Å². The second kappa shape index (κ2) is 6.11. The first-order chi connectivity index (χ1) is 11.4. The van der Waals surface area contributed by atoms with Crippen LogP contribution in [-0.4, -0.2) is 26.1 Å². The summed E-state index contributed by atoms with van der Waals surface area (Å²) >= 11 is 0. The summed E-state index contributed by atoms with van der Waals surface area (Å²) in [6.45, 7) is 0. The molecule has 0 fully saturated rings. The highest BCUT2D eigenvalue weighted by Gasteiger charge is 2.32. The largest absolute Gasteiger partial charge is 0.433 e. The molecule has 2 N–H and O–H groups in total. The molecule has 0 aliphatic heterocycles. The molecule has 0 saturated heterocycles. The third-order valence-corrected chi connectivity index (χ3v) is 3.11. The maximum Gasteiger partial charge on any atom is 0.433 e. The van der Waals surface area contributed by atoms with E-state index in [4.69, 9.17) is 0 Å². The van der Waals surface area contributed by atoms with Crippen LogP contribution in [0.2, 0.25) is 0 Å². The Bertz CT molecular complexity index is 844. The Morgan fingerprint density at radius 3 is 2.62 bits per heavy atom. The van der Waals surface area contributed by atoms with Crippen molar-refractivity contribution in [2.75, 3.05) is 5.32 Å². The minimum atomic E-state index is -4.55.